The Labute approximate surface area is 78.3 Å². The molecule has 0 radical (unpaired) electrons. The molecule has 0 aromatic rings. The molecule has 2 fully saturated rings. The molecule has 0 bridgehead atoms. The number of thioether (sulfide) groups is 1. The number of likely N-dealkylation sites (tertiary alicyclic amines) is 1. The van der Waals surface area contributed by atoms with Crippen molar-refractivity contribution in [3.05, 3.63) is 0 Å². The first-order valence-electron chi connectivity index (χ1n) is 4.88. The molecule has 2 heterocycles. The molecular weight excluding hydrogens is 170 g/mol. The van der Waals surface area contributed by atoms with Crippen molar-refractivity contribution in [3.63, 3.8) is 0 Å². The molecule has 0 amide bonds. The molecule has 2 atom stereocenters. The van der Waals surface area contributed by atoms with E-state index in [0.717, 1.165) is 11.5 Å². The van der Waals surface area contributed by atoms with Gasteiger partial charge in [0.15, 0.2) is 0 Å². The quantitative estimate of drug-likeness (QED) is 0.661. The fraction of sp³-hybridized carbons (Fsp3) is 1.00. The molecule has 2 saturated heterocycles. The molecule has 0 spiro atoms. The summed E-state index contributed by atoms with van der Waals surface area (Å²) in [5.74, 6) is 2.09. The Kier molecular flexibility index (Phi) is 2.94. The van der Waals surface area contributed by atoms with Crippen molar-refractivity contribution in [2.45, 2.75) is 31.4 Å². The van der Waals surface area contributed by atoms with E-state index in [1.54, 1.807) is 0 Å². The van der Waals surface area contributed by atoms with Gasteiger partial charge in [-0.2, -0.15) is 11.8 Å². The van der Waals surface area contributed by atoms with Crippen LogP contribution in [0.4, 0.5) is 0 Å². The SMILES string of the molecule is O[C@@H]1CSC[C@H]1N1CCCCC1. The van der Waals surface area contributed by atoms with E-state index in [1.807, 2.05) is 11.8 Å². The molecule has 0 aromatic heterocycles. The van der Waals surface area contributed by atoms with Gasteiger partial charge in [0.05, 0.1) is 6.10 Å². The summed E-state index contributed by atoms with van der Waals surface area (Å²) in [4.78, 5) is 2.48. The highest BCUT2D eigenvalue weighted by molar-refractivity contribution is 7.99. The van der Waals surface area contributed by atoms with Crippen molar-refractivity contribution in [1.82, 2.24) is 4.90 Å². The first-order chi connectivity index (χ1) is 5.88. The number of aliphatic hydroxyl groups is 1. The second-order valence-electron chi connectivity index (χ2n) is 3.77. The normalized spacial score (nSPS) is 38.8. The lowest BCUT2D eigenvalue weighted by Gasteiger charge is -2.33. The zero-order chi connectivity index (χ0) is 8.39. The van der Waals surface area contributed by atoms with Crippen molar-refractivity contribution in [2.24, 2.45) is 0 Å². The third-order valence-corrected chi connectivity index (χ3v) is 4.04. The minimum atomic E-state index is -0.0619. The van der Waals surface area contributed by atoms with Crippen molar-refractivity contribution >= 4 is 11.8 Å². The lowest BCUT2D eigenvalue weighted by atomic mass is 10.1. The van der Waals surface area contributed by atoms with E-state index in [4.69, 9.17) is 0 Å². The Bertz CT molecular complexity index is 147. The van der Waals surface area contributed by atoms with Crippen LogP contribution in [0.2, 0.25) is 0 Å². The topological polar surface area (TPSA) is 23.5 Å². The molecule has 0 aromatic carbocycles. The van der Waals surface area contributed by atoms with Crippen LogP contribution in [0.1, 0.15) is 19.3 Å². The van der Waals surface area contributed by atoms with Gasteiger partial charge in [-0.05, 0) is 25.9 Å². The number of piperidine rings is 1. The first kappa shape index (κ1) is 8.85. The van der Waals surface area contributed by atoms with Crippen LogP contribution in [-0.4, -0.2) is 46.7 Å². The van der Waals surface area contributed by atoms with Gasteiger partial charge < -0.3 is 5.11 Å². The average Bonchev–Trinajstić information content (AvgIpc) is 2.53. The summed E-state index contributed by atoms with van der Waals surface area (Å²) in [6, 6.07) is 0.468. The maximum absolute atomic E-state index is 9.68. The van der Waals surface area contributed by atoms with Gasteiger partial charge in [0, 0.05) is 17.5 Å². The highest BCUT2D eigenvalue weighted by Gasteiger charge is 2.31. The molecular formula is C9H17NOS. The summed E-state index contributed by atoms with van der Waals surface area (Å²) >= 11 is 1.89. The van der Waals surface area contributed by atoms with Gasteiger partial charge >= 0.3 is 0 Å². The number of rotatable bonds is 1. The lowest BCUT2D eigenvalue weighted by Crippen LogP contribution is -2.45. The second kappa shape index (κ2) is 3.99. The molecule has 0 unspecified atom stereocenters. The van der Waals surface area contributed by atoms with Crippen LogP contribution in [-0.2, 0) is 0 Å². The number of hydrogen-bond donors (Lipinski definition) is 1. The maximum atomic E-state index is 9.68. The van der Waals surface area contributed by atoms with Gasteiger partial charge in [-0.1, -0.05) is 6.42 Å². The van der Waals surface area contributed by atoms with Gasteiger partial charge in [-0.15, -0.1) is 0 Å². The number of nitrogens with zero attached hydrogens (tertiary/aromatic N) is 1. The van der Waals surface area contributed by atoms with Gasteiger partial charge in [0.1, 0.15) is 0 Å². The zero-order valence-electron chi connectivity index (χ0n) is 7.41. The Morgan fingerprint density at radius 3 is 2.42 bits per heavy atom. The van der Waals surface area contributed by atoms with E-state index in [2.05, 4.69) is 4.90 Å². The van der Waals surface area contributed by atoms with Gasteiger partial charge in [-0.25, -0.2) is 0 Å². The Hall–Kier alpha value is 0.270. The molecule has 2 aliphatic rings. The van der Waals surface area contributed by atoms with Crippen molar-refractivity contribution in [1.29, 1.82) is 0 Å². The average molecular weight is 187 g/mol. The van der Waals surface area contributed by atoms with Crippen LogP contribution in [0.15, 0.2) is 0 Å². The summed E-state index contributed by atoms with van der Waals surface area (Å²) in [6.45, 7) is 2.42. The summed E-state index contributed by atoms with van der Waals surface area (Å²) in [7, 11) is 0. The van der Waals surface area contributed by atoms with Crippen LogP contribution in [0.5, 0.6) is 0 Å². The van der Waals surface area contributed by atoms with Crippen LogP contribution in [0.3, 0.4) is 0 Å². The highest BCUT2D eigenvalue weighted by atomic mass is 32.2. The van der Waals surface area contributed by atoms with Crippen LogP contribution >= 0.6 is 11.8 Å². The predicted molar refractivity (Wildman–Crippen MR) is 52.5 cm³/mol. The van der Waals surface area contributed by atoms with Crippen molar-refractivity contribution in [3.8, 4) is 0 Å². The Morgan fingerprint density at radius 1 is 1.08 bits per heavy atom. The van der Waals surface area contributed by atoms with Gasteiger partial charge in [-0.3, -0.25) is 4.90 Å². The summed E-state index contributed by atoms with van der Waals surface area (Å²) < 4.78 is 0. The fourth-order valence-corrected chi connectivity index (χ4v) is 3.40. The molecule has 12 heavy (non-hydrogen) atoms. The Balaban J connectivity index is 1.89. The van der Waals surface area contributed by atoms with Gasteiger partial charge in [0.2, 0.25) is 0 Å². The lowest BCUT2D eigenvalue weighted by molar-refractivity contribution is 0.0706. The van der Waals surface area contributed by atoms with Crippen molar-refractivity contribution in [2.75, 3.05) is 24.6 Å². The summed E-state index contributed by atoms with van der Waals surface area (Å²) in [5, 5.41) is 9.68. The Morgan fingerprint density at radius 2 is 1.83 bits per heavy atom. The molecule has 3 heteroatoms. The van der Waals surface area contributed by atoms with E-state index in [0.29, 0.717) is 6.04 Å². The monoisotopic (exact) mass is 187 g/mol. The van der Waals surface area contributed by atoms with Crippen LogP contribution in [0.25, 0.3) is 0 Å². The minimum Gasteiger partial charge on any atom is -0.391 e. The number of aliphatic hydroxyl groups excluding tert-OH is 1. The molecule has 2 nitrogen and oxygen atoms in total. The third-order valence-electron chi connectivity index (χ3n) is 2.88. The molecule has 1 N–H and O–H groups in total. The van der Waals surface area contributed by atoms with Crippen molar-refractivity contribution < 1.29 is 5.11 Å². The molecule has 2 rings (SSSR count). The van der Waals surface area contributed by atoms with Crippen LogP contribution < -0.4 is 0 Å². The molecule has 0 aliphatic carbocycles. The molecule has 0 saturated carbocycles. The van der Waals surface area contributed by atoms with E-state index in [-0.39, 0.29) is 6.10 Å². The highest BCUT2D eigenvalue weighted by Crippen LogP contribution is 2.25. The summed E-state index contributed by atoms with van der Waals surface area (Å²) in [5.41, 5.74) is 0. The standard InChI is InChI=1S/C9H17NOS/c11-9-7-12-6-8(9)10-4-2-1-3-5-10/h8-9,11H,1-7H2/t8-,9-/m1/s1. The van der Waals surface area contributed by atoms with E-state index in [1.165, 1.54) is 32.4 Å². The molecule has 70 valence electrons. The zero-order valence-corrected chi connectivity index (χ0v) is 8.22. The van der Waals surface area contributed by atoms with E-state index < -0.39 is 0 Å². The van der Waals surface area contributed by atoms with Crippen LogP contribution in [0, 0.1) is 0 Å². The van der Waals surface area contributed by atoms with Gasteiger partial charge in [0.25, 0.3) is 0 Å². The smallest absolute Gasteiger partial charge is 0.0793 e. The van der Waals surface area contributed by atoms with E-state index >= 15 is 0 Å². The maximum Gasteiger partial charge on any atom is 0.0793 e. The third kappa shape index (κ3) is 1.78. The number of hydrogen-bond acceptors (Lipinski definition) is 3. The second-order valence-corrected chi connectivity index (χ2v) is 4.84. The fourth-order valence-electron chi connectivity index (χ4n) is 2.13. The minimum absolute atomic E-state index is 0.0619. The largest absolute Gasteiger partial charge is 0.391 e. The van der Waals surface area contributed by atoms with E-state index in [9.17, 15) is 5.11 Å². The first-order valence-corrected chi connectivity index (χ1v) is 6.03. The molecule has 2 aliphatic heterocycles. The predicted octanol–water partition coefficient (Wildman–Crippen LogP) is 0.949. The summed E-state index contributed by atoms with van der Waals surface area (Å²) in [6.07, 6.45) is 3.97.